The Labute approximate surface area is 250 Å². The molecule has 0 radical (unpaired) electrons. The second-order valence-corrected chi connectivity index (χ2v) is 11.6. The quantitative estimate of drug-likeness (QED) is 0.250. The number of aromatic carboxylic acids is 1. The fourth-order valence-corrected chi connectivity index (χ4v) is 6.26. The Kier molecular flexibility index (Phi) is 7.02. The summed E-state index contributed by atoms with van der Waals surface area (Å²) in [5, 5.41) is 22.8. The number of hydrogen-bond acceptors (Lipinski definition) is 6. The Morgan fingerprint density at radius 1 is 1.02 bits per heavy atom. The standard InChI is InChI=1S/C34H34N6O3/c1-3-27-20-39(19-25-9-4-5-13-32(25)43-27)18-22-8-6-10-23(14-22)24-11-7-12-26(15-24)40-33(30(17-35-40)34(41)42)29-16-28(29)31-21-38(2)37-36-31/h4-15,17,21,27-29H,3,16,18-20H2,1-2H3,(H,41,42)/t27?,28-,29-/m1/s1. The van der Waals surface area contributed by atoms with Crippen molar-refractivity contribution in [3.8, 4) is 22.6 Å². The number of rotatable bonds is 8. The minimum atomic E-state index is -0.971. The second-order valence-electron chi connectivity index (χ2n) is 11.6. The van der Waals surface area contributed by atoms with Crippen LogP contribution in [0.5, 0.6) is 5.75 Å². The molecule has 3 atom stereocenters. The van der Waals surface area contributed by atoms with E-state index in [1.54, 1.807) is 9.36 Å². The first-order valence-corrected chi connectivity index (χ1v) is 14.8. The molecule has 7 rings (SSSR count). The molecule has 1 saturated carbocycles. The lowest BCUT2D eigenvalue weighted by Gasteiger charge is -2.23. The van der Waals surface area contributed by atoms with Crippen molar-refractivity contribution in [2.45, 2.75) is 50.8 Å². The van der Waals surface area contributed by atoms with Crippen molar-refractivity contribution in [1.29, 1.82) is 0 Å². The second kappa shape index (κ2) is 11.1. The van der Waals surface area contributed by atoms with Crippen LogP contribution in [0.1, 0.15) is 64.5 Å². The number of aromatic nitrogens is 5. The summed E-state index contributed by atoms with van der Waals surface area (Å²) >= 11 is 0. The minimum absolute atomic E-state index is 0.0203. The molecule has 9 heteroatoms. The van der Waals surface area contributed by atoms with Crippen LogP contribution in [0.15, 0.2) is 85.2 Å². The van der Waals surface area contributed by atoms with Crippen molar-refractivity contribution >= 4 is 5.97 Å². The number of ether oxygens (including phenoxy) is 1. The first-order valence-electron chi connectivity index (χ1n) is 14.8. The summed E-state index contributed by atoms with van der Waals surface area (Å²) in [5.41, 5.74) is 7.27. The van der Waals surface area contributed by atoms with E-state index in [1.165, 1.54) is 17.3 Å². The molecule has 0 saturated heterocycles. The lowest BCUT2D eigenvalue weighted by Crippen LogP contribution is -2.32. The largest absolute Gasteiger partial charge is 0.489 e. The Bertz CT molecular complexity index is 1790. The van der Waals surface area contributed by atoms with Crippen LogP contribution in [0.3, 0.4) is 0 Å². The molecule has 0 spiro atoms. The number of aryl methyl sites for hydroxylation is 1. The molecule has 1 aliphatic carbocycles. The molecule has 1 fully saturated rings. The van der Waals surface area contributed by atoms with Crippen LogP contribution in [0.4, 0.5) is 0 Å². The number of hydrogen-bond donors (Lipinski definition) is 1. The highest BCUT2D eigenvalue weighted by Crippen LogP contribution is 2.55. The maximum atomic E-state index is 12.2. The summed E-state index contributed by atoms with van der Waals surface area (Å²) in [6.45, 7) is 4.71. The molecule has 0 bridgehead atoms. The Morgan fingerprint density at radius 3 is 2.63 bits per heavy atom. The molecular weight excluding hydrogens is 540 g/mol. The number of fused-ring (bicyclic) bond motifs is 1. The fourth-order valence-electron chi connectivity index (χ4n) is 6.26. The zero-order valence-electron chi connectivity index (χ0n) is 24.3. The van der Waals surface area contributed by atoms with Gasteiger partial charge in [-0.2, -0.15) is 5.10 Å². The Morgan fingerprint density at radius 2 is 1.84 bits per heavy atom. The van der Waals surface area contributed by atoms with Crippen LogP contribution in [0.2, 0.25) is 0 Å². The number of nitrogens with zero attached hydrogens (tertiary/aromatic N) is 6. The van der Waals surface area contributed by atoms with Gasteiger partial charge in [-0.25, -0.2) is 9.48 Å². The summed E-state index contributed by atoms with van der Waals surface area (Å²) in [6, 6.07) is 25.1. The number of carboxylic acid groups (broad SMARTS) is 1. The van der Waals surface area contributed by atoms with Crippen LogP contribution in [-0.2, 0) is 20.1 Å². The van der Waals surface area contributed by atoms with E-state index >= 15 is 0 Å². The van der Waals surface area contributed by atoms with E-state index in [1.807, 2.05) is 31.4 Å². The zero-order valence-corrected chi connectivity index (χ0v) is 24.3. The Balaban J connectivity index is 1.16. The van der Waals surface area contributed by atoms with Gasteiger partial charge in [0.1, 0.15) is 17.4 Å². The first-order chi connectivity index (χ1) is 21.0. The molecule has 43 heavy (non-hydrogen) atoms. The van der Waals surface area contributed by atoms with Crippen molar-refractivity contribution in [3.63, 3.8) is 0 Å². The van der Waals surface area contributed by atoms with E-state index in [-0.39, 0.29) is 23.5 Å². The molecule has 3 heterocycles. The SMILES string of the molecule is CCC1CN(Cc2cccc(-c3cccc(-n4ncc(C(=O)O)c4[C@@H]4C[C@H]4c4cn(C)nn4)c3)c2)Cc2ccccc2O1. The predicted octanol–water partition coefficient (Wildman–Crippen LogP) is 5.81. The smallest absolute Gasteiger partial charge is 0.339 e. The van der Waals surface area contributed by atoms with E-state index < -0.39 is 5.97 Å². The van der Waals surface area contributed by atoms with Crippen LogP contribution in [0.25, 0.3) is 16.8 Å². The molecule has 9 nitrogen and oxygen atoms in total. The first kappa shape index (κ1) is 27.1. The zero-order chi connectivity index (χ0) is 29.5. The highest BCUT2D eigenvalue weighted by atomic mass is 16.5. The van der Waals surface area contributed by atoms with Gasteiger partial charge in [-0.1, -0.05) is 60.7 Å². The van der Waals surface area contributed by atoms with Gasteiger partial charge in [-0.05, 0) is 53.8 Å². The van der Waals surface area contributed by atoms with Crippen LogP contribution in [-0.4, -0.2) is 53.4 Å². The highest BCUT2D eigenvalue weighted by Gasteiger charge is 2.46. The maximum absolute atomic E-state index is 12.2. The molecule has 3 aromatic carbocycles. The third-order valence-electron chi connectivity index (χ3n) is 8.51. The number of benzene rings is 3. The van der Waals surface area contributed by atoms with Gasteiger partial charge in [0.25, 0.3) is 0 Å². The lowest BCUT2D eigenvalue weighted by molar-refractivity contribution is 0.0695. The fraction of sp³-hybridized carbons (Fsp3) is 0.294. The third-order valence-corrected chi connectivity index (χ3v) is 8.51. The van der Waals surface area contributed by atoms with E-state index in [9.17, 15) is 9.90 Å². The lowest BCUT2D eigenvalue weighted by atomic mass is 10.0. The monoisotopic (exact) mass is 574 g/mol. The summed E-state index contributed by atoms with van der Waals surface area (Å²) in [4.78, 5) is 14.6. The normalized spacial score (nSPS) is 19.8. The van der Waals surface area contributed by atoms with Gasteiger partial charge >= 0.3 is 5.97 Å². The molecule has 2 aromatic heterocycles. The molecule has 218 valence electrons. The summed E-state index contributed by atoms with van der Waals surface area (Å²) in [7, 11) is 1.84. The van der Waals surface area contributed by atoms with Crippen molar-refractivity contribution < 1.29 is 14.6 Å². The molecule has 0 amide bonds. The minimum Gasteiger partial charge on any atom is -0.489 e. The van der Waals surface area contributed by atoms with Crippen LogP contribution >= 0.6 is 0 Å². The number of carboxylic acids is 1. The maximum Gasteiger partial charge on any atom is 0.339 e. The summed E-state index contributed by atoms with van der Waals surface area (Å²) in [5.74, 6) is 0.167. The van der Waals surface area contributed by atoms with E-state index in [4.69, 9.17) is 4.74 Å². The topological polar surface area (TPSA) is 98.3 Å². The van der Waals surface area contributed by atoms with E-state index in [0.29, 0.717) is 5.69 Å². The average Bonchev–Trinajstić information content (AvgIpc) is 3.53. The van der Waals surface area contributed by atoms with E-state index in [2.05, 4.69) is 81.8 Å². The summed E-state index contributed by atoms with van der Waals surface area (Å²) in [6.07, 6.45) is 5.29. The van der Waals surface area contributed by atoms with Gasteiger partial charge in [0.15, 0.2) is 0 Å². The van der Waals surface area contributed by atoms with Gasteiger partial charge in [-0.3, -0.25) is 9.58 Å². The van der Waals surface area contributed by atoms with Crippen molar-refractivity contribution in [2.24, 2.45) is 7.05 Å². The van der Waals surface area contributed by atoms with Crippen molar-refractivity contribution in [2.75, 3.05) is 6.54 Å². The molecule has 1 aliphatic heterocycles. The van der Waals surface area contributed by atoms with Gasteiger partial charge in [-0.15, -0.1) is 5.10 Å². The molecular formula is C34H34N6O3. The predicted molar refractivity (Wildman–Crippen MR) is 162 cm³/mol. The van der Waals surface area contributed by atoms with Crippen molar-refractivity contribution in [3.05, 3.63) is 113 Å². The van der Waals surface area contributed by atoms with Gasteiger partial charge in [0.05, 0.1) is 23.3 Å². The summed E-state index contributed by atoms with van der Waals surface area (Å²) < 4.78 is 9.78. The number of carbonyl (C=O) groups is 1. The molecule has 1 unspecified atom stereocenters. The molecule has 2 aliphatic rings. The van der Waals surface area contributed by atoms with Gasteiger partial charge in [0, 0.05) is 50.3 Å². The highest BCUT2D eigenvalue weighted by molar-refractivity contribution is 5.89. The Hall–Kier alpha value is -4.76. The molecule has 1 N–H and O–H groups in total. The number of para-hydroxylation sites is 1. The molecule has 5 aromatic rings. The average molecular weight is 575 g/mol. The van der Waals surface area contributed by atoms with Crippen LogP contribution < -0.4 is 4.74 Å². The van der Waals surface area contributed by atoms with E-state index in [0.717, 1.165) is 60.7 Å². The van der Waals surface area contributed by atoms with Gasteiger partial charge < -0.3 is 9.84 Å². The van der Waals surface area contributed by atoms with Gasteiger partial charge in [0.2, 0.25) is 0 Å². The van der Waals surface area contributed by atoms with Crippen LogP contribution in [0, 0.1) is 0 Å². The van der Waals surface area contributed by atoms with Crippen molar-refractivity contribution in [1.82, 2.24) is 29.7 Å². The third kappa shape index (κ3) is 5.44.